The van der Waals surface area contributed by atoms with Crippen LogP contribution < -0.4 is 4.74 Å². The number of halogens is 2. The van der Waals surface area contributed by atoms with Gasteiger partial charge in [0.2, 0.25) is 5.88 Å². The Labute approximate surface area is 209 Å². The number of ether oxygens (including phenoxy) is 2. The van der Waals surface area contributed by atoms with Crippen molar-refractivity contribution in [1.82, 2.24) is 15.2 Å². The number of aromatic nitrogens is 3. The van der Waals surface area contributed by atoms with E-state index in [4.69, 9.17) is 14.5 Å². The Balaban J connectivity index is 1.63. The van der Waals surface area contributed by atoms with E-state index < -0.39 is 11.8 Å². The molecule has 0 unspecified atom stereocenters. The molecule has 3 heterocycles. The highest BCUT2D eigenvalue weighted by Gasteiger charge is 2.28. The fourth-order valence-electron chi connectivity index (χ4n) is 4.89. The number of nitrogens with one attached hydrogen (secondary N) is 1. The number of carboxylic acid groups (broad SMARTS) is 1. The van der Waals surface area contributed by atoms with Gasteiger partial charge in [0.15, 0.2) is 11.6 Å². The molecular weight excluding hydrogens is 480 g/mol. The van der Waals surface area contributed by atoms with Crippen molar-refractivity contribution in [2.45, 2.75) is 18.8 Å². The molecule has 0 saturated carbocycles. The standard InChI is InChI=1S/C28H21F2N3O4/c29-19-4-1-15(2-5-19)25-20-11-18-14-31-33-22(18)13-23(20)32-27(26(25)16-7-9-36-10-8-16)37-24-6-3-17(28(34)35)12-21(24)30/h1-6,11-14,16H,7-10H2,(H,31,33)(H,34,35). The molecule has 9 heteroatoms. The van der Waals surface area contributed by atoms with Gasteiger partial charge in [-0.2, -0.15) is 5.10 Å². The number of rotatable bonds is 5. The second kappa shape index (κ2) is 9.25. The maximum Gasteiger partial charge on any atom is 0.335 e. The van der Waals surface area contributed by atoms with E-state index in [-0.39, 0.29) is 28.9 Å². The van der Waals surface area contributed by atoms with Gasteiger partial charge in [-0.15, -0.1) is 0 Å². The van der Waals surface area contributed by atoms with Gasteiger partial charge in [0, 0.05) is 29.5 Å². The van der Waals surface area contributed by atoms with E-state index in [1.54, 1.807) is 18.3 Å². The molecule has 2 aromatic heterocycles. The summed E-state index contributed by atoms with van der Waals surface area (Å²) in [5.74, 6) is -2.35. The third-order valence-electron chi connectivity index (χ3n) is 6.70. The van der Waals surface area contributed by atoms with Gasteiger partial charge in [-0.25, -0.2) is 18.6 Å². The molecule has 1 saturated heterocycles. The topological polar surface area (TPSA) is 97.3 Å². The number of benzene rings is 3. The SMILES string of the molecule is O=C(O)c1ccc(Oc2nc3cc4[nH]ncc4cc3c(-c3ccc(F)cc3)c2C2CCOCC2)c(F)c1. The third-order valence-corrected chi connectivity index (χ3v) is 6.70. The third kappa shape index (κ3) is 4.27. The first-order valence-corrected chi connectivity index (χ1v) is 11.8. The van der Waals surface area contributed by atoms with Crippen molar-refractivity contribution in [3.63, 3.8) is 0 Å². The highest BCUT2D eigenvalue weighted by molar-refractivity contribution is 6.04. The Hall–Kier alpha value is -4.37. The maximum absolute atomic E-state index is 14.9. The molecule has 0 aliphatic carbocycles. The molecule has 37 heavy (non-hydrogen) atoms. The highest BCUT2D eigenvalue weighted by atomic mass is 19.1. The lowest BCUT2D eigenvalue weighted by Crippen LogP contribution is -2.16. The summed E-state index contributed by atoms with van der Waals surface area (Å²) in [6.45, 7) is 1.10. The fraction of sp³-hybridized carbons (Fsp3) is 0.179. The van der Waals surface area contributed by atoms with Gasteiger partial charge in [-0.3, -0.25) is 5.10 Å². The second-order valence-corrected chi connectivity index (χ2v) is 8.98. The molecule has 5 aromatic rings. The summed E-state index contributed by atoms with van der Waals surface area (Å²) in [4.78, 5) is 16.1. The Bertz CT molecular complexity index is 1640. The lowest BCUT2D eigenvalue weighted by molar-refractivity contribution is 0.0696. The molecule has 0 radical (unpaired) electrons. The van der Waals surface area contributed by atoms with Crippen LogP contribution in [0.1, 0.15) is 34.7 Å². The highest BCUT2D eigenvalue weighted by Crippen LogP contribution is 2.45. The number of fused-ring (bicyclic) bond motifs is 2. The van der Waals surface area contributed by atoms with Crippen LogP contribution in [0.25, 0.3) is 32.9 Å². The summed E-state index contributed by atoms with van der Waals surface area (Å²) in [7, 11) is 0. The minimum Gasteiger partial charge on any atom is -0.478 e. The summed E-state index contributed by atoms with van der Waals surface area (Å²) in [6.07, 6.45) is 3.12. The van der Waals surface area contributed by atoms with Crippen LogP contribution in [0.15, 0.2) is 60.8 Å². The minimum atomic E-state index is -1.24. The Morgan fingerprint density at radius 3 is 2.57 bits per heavy atom. The molecular formula is C28H21F2N3O4. The van der Waals surface area contributed by atoms with Crippen LogP contribution in [-0.2, 0) is 4.74 Å². The first-order chi connectivity index (χ1) is 18.0. The predicted molar refractivity (Wildman–Crippen MR) is 133 cm³/mol. The van der Waals surface area contributed by atoms with Crippen LogP contribution >= 0.6 is 0 Å². The Morgan fingerprint density at radius 1 is 1.05 bits per heavy atom. The summed E-state index contributed by atoms with van der Waals surface area (Å²) in [6, 6.07) is 13.5. The zero-order valence-corrected chi connectivity index (χ0v) is 19.5. The Morgan fingerprint density at radius 2 is 1.84 bits per heavy atom. The largest absolute Gasteiger partial charge is 0.478 e. The average molecular weight is 501 g/mol. The molecule has 3 aromatic carbocycles. The lowest BCUT2D eigenvalue weighted by atomic mass is 9.84. The van der Waals surface area contributed by atoms with E-state index in [0.29, 0.717) is 31.6 Å². The summed E-state index contributed by atoms with van der Waals surface area (Å²) < 4.78 is 40.5. The van der Waals surface area contributed by atoms with Crippen LogP contribution in [-0.4, -0.2) is 39.5 Å². The molecule has 0 amide bonds. The van der Waals surface area contributed by atoms with E-state index in [0.717, 1.165) is 39.0 Å². The van der Waals surface area contributed by atoms with Gasteiger partial charge >= 0.3 is 5.97 Å². The van der Waals surface area contributed by atoms with Crippen molar-refractivity contribution in [3.05, 3.63) is 83.6 Å². The monoisotopic (exact) mass is 501 g/mol. The molecule has 2 N–H and O–H groups in total. The predicted octanol–water partition coefficient (Wildman–Crippen LogP) is 6.44. The second-order valence-electron chi connectivity index (χ2n) is 8.98. The number of hydrogen-bond donors (Lipinski definition) is 2. The number of carboxylic acids is 1. The van der Waals surface area contributed by atoms with Gasteiger partial charge < -0.3 is 14.6 Å². The van der Waals surface area contributed by atoms with E-state index in [2.05, 4.69) is 10.2 Å². The minimum absolute atomic E-state index is 0.0119. The van der Waals surface area contributed by atoms with Gasteiger partial charge in [-0.1, -0.05) is 12.1 Å². The number of hydrogen-bond acceptors (Lipinski definition) is 5. The molecule has 7 nitrogen and oxygen atoms in total. The normalized spacial score (nSPS) is 14.3. The quantitative estimate of drug-likeness (QED) is 0.288. The number of aromatic carboxylic acids is 1. The van der Waals surface area contributed by atoms with E-state index in [9.17, 15) is 18.7 Å². The average Bonchev–Trinajstić information content (AvgIpc) is 3.36. The van der Waals surface area contributed by atoms with Crippen molar-refractivity contribution >= 4 is 27.8 Å². The molecule has 186 valence electrons. The summed E-state index contributed by atoms with van der Waals surface area (Å²) in [5, 5.41) is 18.0. The lowest BCUT2D eigenvalue weighted by Gasteiger charge is -2.27. The van der Waals surface area contributed by atoms with Gasteiger partial charge in [0.1, 0.15) is 5.82 Å². The number of carbonyl (C=O) groups is 1. The van der Waals surface area contributed by atoms with Crippen molar-refractivity contribution in [1.29, 1.82) is 0 Å². The van der Waals surface area contributed by atoms with Gasteiger partial charge in [0.25, 0.3) is 0 Å². The van der Waals surface area contributed by atoms with Crippen molar-refractivity contribution in [2.24, 2.45) is 0 Å². The number of pyridine rings is 1. The zero-order chi connectivity index (χ0) is 25.5. The van der Waals surface area contributed by atoms with Gasteiger partial charge in [-0.05, 0) is 72.4 Å². The van der Waals surface area contributed by atoms with E-state index >= 15 is 0 Å². The first kappa shape index (κ1) is 23.1. The number of aromatic amines is 1. The molecule has 0 atom stereocenters. The van der Waals surface area contributed by atoms with E-state index in [1.165, 1.54) is 24.3 Å². The smallest absolute Gasteiger partial charge is 0.335 e. The van der Waals surface area contributed by atoms with Crippen LogP contribution in [0.2, 0.25) is 0 Å². The molecule has 1 fully saturated rings. The van der Waals surface area contributed by atoms with Crippen molar-refractivity contribution in [3.8, 4) is 22.8 Å². The van der Waals surface area contributed by atoms with Crippen LogP contribution in [0.3, 0.4) is 0 Å². The first-order valence-electron chi connectivity index (χ1n) is 11.8. The van der Waals surface area contributed by atoms with E-state index in [1.807, 2.05) is 12.1 Å². The van der Waals surface area contributed by atoms with Crippen LogP contribution in [0.4, 0.5) is 8.78 Å². The summed E-state index contributed by atoms with van der Waals surface area (Å²) >= 11 is 0. The number of nitrogens with zero attached hydrogens (tertiary/aromatic N) is 2. The van der Waals surface area contributed by atoms with Crippen molar-refractivity contribution in [2.75, 3.05) is 13.2 Å². The molecule has 0 bridgehead atoms. The molecule has 0 spiro atoms. The van der Waals surface area contributed by atoms with Crippen LogP contribution in [0.5, 0.6) is 11.6 Å². The zero-order valence-electron chi connectivity index (χ0n) is 19.5. The molecule has 6 rings (SSSR count). The molecule has 1 aliphatic heterocycles. The maximum atomic E-state index is 14.9. The summed E-state index contributed by atoms with van der Waals surface area (Å²) in [5.41, 5.74) is 3.53. The Kier molecular flexibility index (Phi) is 5.77. The fourth-order valence-corrected chi connectivity index (χ4v) is 4.89. The van der Waals surface area contributed by atoms with Crippen molar-refractivity contribution < 1.29 is 28.2 Å². The molecule has 1 aliphatic rings. The number of H-pyrrole nitrogens is 1. The van der Waals surface area contributed by atoms with Crippen LogP contribution in [0, 0.1) is 11.6 Å². The van der Waals surface area contributed by atoms with Gasteiger partial charge in [0.05, 0.1) is 22.8 Å².